The topological polar surface area (TPSA) is 79.5 Å². The van der Waals surface area contributed by atoms with Crippen LogP contribution in [-0.4, -0.2) is 24.5 Å². The second-order valence-electron chi connectivity index (χ2n) is 7.33. The molecule has 0 saturated heterocycles. The van der Waals surface area contributed by atoms with Crippen molar-refractivity contribution in [3.8, 4) is 5.75 Å². The highest BCUT2D eigenvalue weighted by Gasteiger charge is 2.29. The van der Waals surface area contributed by atoms with Crippen molar-refractivity contribution >= 4 is 28.9 Å². The lowest BCUT2D eigenvalue weighted by atomic mass is 10.1. The lowest BCUT2D eigenvalue weighted by Gasteiger charge is -2.14. The monoisotopic (exact) mass is 381 g/mol. The van der Waals surface area contributed by atoms with Gasteiger partial charge in [-0.2, -0.15) is 0 Å². The van der Waals surface area contributed by atoms with E-state index in [0.29, 0.717) is 5.69 Å². The molecule has 3 N–H and O–H groups in total. The van der Waals surface area contributed by atoms with E-state index >= 15 is 0 Å². The Labute approximate surface area is 165 Å². The number of amides is 2. The van der Waals surface area contributed by atoms with E-state index in [1.54, 1.807) is 0 Å². The zero-order valence-corrected chi connectivity index (χ0v) is 16.5. The molecule has 0 unspecified atom stereocenters. The van der Waals surface area contributed by atoms with Crippen LogP contribution in [0, 0.1) is 12.8 Å². The Morgan fingerprint density at radius 2 is 1.68 bits per heavy atom. The zero-order valence-electron chi connectivity index (χ0n) is 16.5. The highest BCUT2D eigenvalue weighted by Crippen LogP contribution is 2.31. The molecule has 0 bridgehead atoms. The maximum Gasteiger partial charge on any atom is 0.243 e. The molecule has 0 radical (unpaired) electrons. The first-order chi connectivity index (χ1) is 13.4. The van der Waals surface area contributed by atoms with Crippen LogP contribution in [0.2, 0.25) is 0 Å². The Morgan fingerprint density at radius 1 is 1.04 bits per heavy atom. The van der Waals surface area contributed by atoms with Crippen molar-refractivity contribution in [2.24, 2.45) is 5.92 Å². The van der Waals surface area contributed by atoms with Crippen molar-refractivity contribution in [2.45, 2.75) is 39.7 Å². The summed E-state index contributed by atoms with van der Waals surface area (Å²) in [5.74, 6) is 0.833. The fourth-order valence-corrected chi connectivity index (χ4v) is 2.79. The van der Waals surface area contributed by atoms with Crippen molar-refractivity contribution < 1.29 is 14.3 Å². The van der Waals surface area contributed by atoms with Gasteiger partial charge in [0.25, 0.3) is 0 Å². The first-order valence-electron chi connectivity index (χ1n) is 9.63. The number of ether oxygens (including phenoxy) is 1. The molecule has 28 heavy (non-hydrogen) atoms. The summed E-state index contributed by atoms with van der Waals surface area (Å²) < 4.78 is 5.61. The molecule has 0 atom stereocenters. The maximum atomic E-state index is 12.3. The second-order valence-corrected chi connectivity index (χ2v) is 7.33. The van der Waals surface area contributed by atoms with Gasteiger partial charge < -0.3 is 20.7 Å². The van der Waals surface area contributed by atoms with Gasteiger partial charge in [0.1, 0.15) is 5.75 Å². The molecule has 2 amide bonds. The summed E-state index contributed by atoms with van der Waals surface area (Å²) in [7, 11) is 0. The number of benzene rings is 2. The van der Waals surface area contributed by atoms with Crippen LogP contribution in [0.5, 0.6) is 5.75 Å². The van der Waals surface area contributed by atoms with Crippen LogP contribution in [-0.2, 0) is 9.59 Å². The average Bonchev–Trinajstić information content (AvgIpc) is 3.49. The number of carbonyl (C=O) groups is 2. The molecule has 2 aromatic carbocycles. The minimum absolute atomic E-state index is 0.0538. The first-order valence-corrected chi connectivity index (χ1v) is 9.63. The Hall–Kier alpha value is -3.02. The third kappa shape index (κ3) is 5.49. The summed E-state index contributed by atoms with van der Waals surface area (Å²) in [6.45, 7) is 5.98. The minimum atomic E-state index is -0.156. The van der Waals surface area contributed by atoms with Gasteiger partial charge in [0, 0.05) is 23.0 Å². The number of rotatable bonds is 8. The molecule has 0 spiro atoms. The Kier molecular flexibility index (Phi) is 6.19. The fraction of sp³-hybridized carbons (Fsp3) is 0.364. The van der Waals surface area contributed by atoms with E-state index in [4.69, 9.17) is 4.74 Å². The number of carbonyl (C=O) groups excluding carboxylic acids is 2. The summed E-state index contributed by atoms with van der Waals surface area (Å²) in [5, 5.41) is 8.94. The standard InChI is InChI=1S/C22H27N3O3/c1-14(2)28-18-11-9-17(10-12-18)23-13-21(26)24-19-5-4-6-20(15(19)3)25-22(27)16-7-8-16/h4-6,9-12,14,16,23H,7-8,13H2,1-3H3,(H,24,26)(H,25,27). The van der Waals surface area contributed by atoms with Crippen molar-refractivity contribution in [2.75, 3.05) is 22.5 Å². The lowest BCUT2D eigenvalue weighted by Crippen LogP contribution is -2.22. The number of hydrogen-bond acceptors (Lipinski definition) is 4. The second kappa shape index (κ2) is 8.78. The molecule has 1 fully saturated rings. The van der Waals surface area contributed by atoms with Gasteiger partial charge in [-0.25, -0.2) is 0 Å². The molecule has 0 heterocycles. The molecule has 0 aliphatic heterocycles. The molecule has 6 nitrogen and oxygen atoms in total. The number of hydrogen-bond donors (Lipinski definition) is 3. The quantitative estimate of drug-likeness (QED) is 0.641. The SMILES string of the molecule is Cc1c(NC(=O)CNc2ccc(OC(C)C)cc2)cccc1NC(=O)C1CC1. The number of nitrogens with one attached hydrogen (secondary N) is 3. The summed E-state index contributed by atoms with van der Waals surface area (Å²) in [6, 6.07) is 13.0. The van der Waals surface area contributed by atoms with Gasteiger partial charge in [0.05, 0.1) is 12.6 Å². The van der Waals surface area contributed by atoms with Crippen LogP contribution in [0.3, 0.4) is 0 Å². The third-order valence-corrected chi connectivity index (χ3v) is 4.49. The highest BCUT2D eigenvalue weighted by atomic mass is 16.5. The third-order valence-electron chi connectivity index (χ3n) is 4.49. The number of anilines is 3. The predicted molar refractivity (Wildman–Crippen MR) is 112 cm³/mol. The van der Waals surface area contributed by atoms with Crippen LogP contribution in [0.1, 0.15) is 32.3 Å². The van der Waals surface area contributed by atoms with E-state index < -0.39 is 0 Å². The maximum absolute atomic E-state index is 12.3. The molecule has 1 aliphatic rings. The average molecular weight is 381 g/mol. The van der Waals surface area contributed by atoms with Crippen LogP contribution in [0.25, 0.3) is 0 Å². The van der Waals surface area contributed by atoms with Gasteiger partial charge in [-0.15, -0.1) is 0 Å². The van der Waals surface area contributed by atoms with E-state index in [0.717, 1.165) is 35.5 Å². The van der Waals surface area contributed by atoms with E-state index in [2.05, 4.69) is 16.0 Å². The van der Waals surface area contributed by atoms with Gasteiger partial charge in [0.2, 0.25) is 11.8 Å². The van der Waals surface area contributed by atoms with Crippen LogP contribution < -0.4 is 20.7 Å². The predicted octanol–water partition coefficient (Wildman–Crippen LogP) is 4.18. The van der Waals surface area contributed by atoms with Crippen molar-refractivity contribution in [3.05, 3.63) is 48.0 Å². The van der Waals surface area contributed by atoms with Crippen molar-refractivity contribution in [3.63, 3.8) is 0 Å². The molecule has 148 valence electrons. The van der Waals surface area contributed by atoms with Crippen LogP contribution in [0.15, 0.2) is 42.5 Å². The highest BCUT2D eigenvalue weighted by molar-refractivity contribution is 5.98. The first kappa shape index (κ1) is 19.7. The van der Waals surface area contributed by atoms with E-state index in [1.807, 2.05) is 63.2 Å². The van der Waals surface area contributed by atoms with Gasteiger partial charge >= 0.3 is 0 Å². The van der Waals surface area contributed by atoms with Crippen molar-refractivity contribution in [1.29, 1.82) is 0 Å². The Balaban J connectivity index is 1.53. The summed E-state index contributed by atoms with van der Waals surface area (Å²) in [5.41, 5.74) is 3.12. The molecule has 0 aromatic heterocycles. The Bertz CT molecular complexity index is 843. The van der Waals surface area contributed by atoms with Crippen LogP contribution in [0.4, 0.5) is 17.1 Å². The smallest absolute Gasteiger partial charge is 0.243 e. The van der Waals surface area contributed by atoms with Gasteiger partial charge in [-0.3, -0.25) is 9.59 Å². The zero-order chi connectivity index (χ0) is 20.1. The Morgan fingerprint density at radius 3 is 2.29 bits per heavy atom. The molecule has 2 aromatic rings. The fourth-order valence-electron chi connectivity index (χ4n) is 2.79. The largest absolute Gasteiger partial charge is 0.491 e. The van der Waals surface area contributed by atoms with E-state index in [9.17, 15) is 9.59 Å². The molecule has 1 aliphatic carbocycles. The van der Waals surface area contributed by atoms with E-state index in [-0.39, 0.29) is 30.4 Å². The molecular weight excluding hydrogens is 354 g/mol. The normalized spacial score (nSPS) is 13.1. The van der Waals surface area contributed by atoms with Crippen LogP contribution >= 0.6 is 0 Å². The molecule has 1 saturated carbocycles. The van der Waals surface area contributed by atoms with Gasteiger partial charge in [0.15, 0.2) is 0 Å². The van der Waals surface area contributed by atoms with Gasteiger partial charge in [-0.05, 0) is 75.6 Å². The van der Waals surface area contributed by atoms with Gasteiger partial charge in [-0.1, -0.05) is 6.07 Å². The van der Waals surface area contributed by atoms with E-state index in [1.165, 1.54) is 0 Å². The summed E-state index contributed by atoms with van der Waals surface area (Å²) in [4.78, 5) is 24.3. The summed E-state index contributed by atoms with van der Waals surface area (Å²) in [6.07, 6.45) is 2.03. The minimum Gasteiger partial charge on any atom is -0.491 e. The molecule has 3 rings (SSSR count). The molecule has 6 heteroatoms. The summed E-state index contributed by atoms with van der Waals surface area (Å²) >= 11 is 0. The lowest BCUT2D eigenvalue weighted by molar-refractivity contribution is -0.117. The van der Waals surface area contributed by atoms with Crippen molar-refractivity contribution in [1.82, 2.24) is 0 Å². The molecular formula is C22H27N3O3.